The van der Waals surface area contributed by atoms with Crippen molar-refractivity contribution in [3.8, 4) is 11.5 Å². The summed E-state index contributed by atoms with van der Waals surface area (Å²) in [7, 11) is 0. The Morgan fingerprint density at radius 2 is 1.57 bits per heavy atom. The third-order valence-electron chi connectivity index (χ3n) is 4.10. The highest BCUT2D eigenvalue weighted by Gasteiger charge is 2.30. The van der Waals surface area contributed by atoms with Crippen LogP contribution in [0.4, 0.5) is 13.2 Å². The van der Waals surface area contributed by atoms with Gasteiger partial charge in [0.05, 0.1) is 5.56 Å². The molecule has 0 atom stereocenters. The Bertz CT molecular complexity index is 956. The fourth-order valence-electron chi connectivity index (χ4n) is 2.56. The first-order valence-electron chi connectivity index (χ1n) is 8.78. The molecule has 10 heteroatoms. The summed E-state index contributed by atoms with van der Waals surface area (Å²) in [6.07, 6.45) is -4.51. The summed E-state index contributed by atoms with van der Waals surface area (Å²) in [5, 5.41) is 2.22. The van der Waals surface area contributed by atoms with E-state index >= 15 is 0 Å². The van der Waals surface area contributed by atoms with Crippen LogP contribution in [0.2, 0.25) is 0 Å². The highest BCUT2D eigenvalue weighted by Crippen LogP contribution is 2.31. The van der Waals surface area contributed by atoms with Crippen LogP contribution < -0.4 is 14.8 Å². The minimum Gasteiger partial charge on any atom is -0.486 e. The van der Waals surface area contributed by atoms with Gasteiger partial charge in [0, 0.05) is 11.1 Å². The monoisotopic (exact) mass is 423 g/mol. The second-order valence-electron chi connectivity index (χ2n) is 6.20. The molecule has 1 heterocycles. The number of carbonyl (C=O) groups is 3. The maximum absolute atomic E-state index is 12.5. The molecule has 30 heavy (non-hydrogen) atoms. The van der Waals surface area contributed by atoms with Crippen molar-refractivity contribution in [3.05, 3.63) is 59.2 Å². The molecule has 0 fully saturated rings. The summed E-state index contributed by atoms with van der Waals surface area (Å²) in [4.78, 5) is 35.8. The van der Waals surface area contributed by atoms with E-state index < -0.39 is 42.6 Å². The molecule has 0 saturated heterocycles. The number of ether oxygens (including phenoxy) is 3. The topological polar surface area (TPSA) is 90.9 Å². The zero-order chi connectivity index (χ0) is 21.7. The number of ketones is 1. The first-order chi connectivity index (χ1) is 14.2. The van der Waals surface area contributed by atoms with Gasteiger partial charge in [0.15, 0.2) is 23.9 Å². The highest BCUT2D eigenvalue weighted by molar-refractivity contribution is 5.99. The van der Waals surface area contributed by atoms with E-state index in [2.05, 4.69) is 5.32 Å². The minimum absolute atomic E-state index is 0.0526. The fraction of sp³-hybridized carbons (Fsp3) is 0.250. The third kappa shape index (κ3) is 5.28. The lowest BCUT2D eigenvalue weighted by molar-refractivity contribution is -0.141. The van der Waals surface area contributed by atoms with Crippen LogP contribution in [-0.4, -0.2) is 44.0 Å². The van der Waals surface area contributed by atoms with Gasteiger partial charge in [0.25, 0.3) is 5.91 Å². The number of halogens is 3. The Hall–Kier alpha value is -3.56. The normalized spacial score (nSPS) is 12.8. The van der Waals surface area contributed by atoms with Gasteiger partial charge in [0.1, 0.15) is 19.8 Å². The summed E-state index contributed by atoms with van der Waals surface area (Å²) in [5.74, 6) is -1.17. The van der Waals surface area contributed by atoms with Gasteiger partial charge in [-0.25, -0.2) is 0 Å². The number of Topliss-reactive ketones (excluding diaryl/α,β-unsaturated/α-hetero) is 1. The number of esters is 1. The number of nitrogens with one attached hydrogen (secondary N) is 1. The molecular weight excluding hydrogens is 407 g/mol. The van der Waals surface area contributed by atoms with Crippen LogP contribution in [0, 0.1) is 0 Å². The summed E-state index contributed by atoms with van der Waals surface area (Å²) in [6.45, 7) is -0.322. The molecule has 1 aliphatic heterocycles. The van der Waals surface area contributed by atoms with Crippen molar-refractivity contribution in [1.29, 1.82) is 0 Å². The summed E-state index contributed by atoms with van der Waals surface area (Å²) < 4.78 is 53.1. The molecule has 0 spiro atoms. The number of hydrogen-bond donors (Lipinski definition) is 1. The van der Waals surface area contributed by atoms with Gasteiger partial charge < -0.3 is 19.5 Å². The average molecular weight is 423 g/mol. The second kappa shape index (κ2) is 8.85. The minimum atomic E-state index is -4.51. The molecule has 0 aliphatic carbocycles. The van der Waals surface area contributed by atoms with Crippen molar-refractivity contribution in [2.75, 3.05) is 26.4 Å². The van der Waals surface area contributed by atoms with E-state index in [4.69, 9.17) is 14.2 Å². The summed E-state index contributed by atoms with van der Waals surface area (Å²) in [5.41, 5.74) is -0.680. The number of benzene rings is 2. The van der Waals surface area contributed by atoms with E-state index in [0.717, 1.165) is 24.3 Å². The van der Waals surface area contributed by atoms with E-state index in [1.807, 2.05) is 0 Å². The SMILES string of the molecule is O=C(CNC(=O)c1ccc(C(F)(F)F)cc1)OCC(=O)c1ccc2c(c1)OCCO2. The van der Waals surface area contributed by atoms with E-state index in [1.54, 1.807) is 6.07 Å². The predicted molar refractivity (Wildman–Crippen MR) is 96.5 cm³/mol. The lowest BCUT2D eigenvalue weighted by Crippen LogP contribution is -2.31. The van der Waals surface area contributed by atoms with Crippen LogP contribution in [0.5, 0.6) is 11.5 Å². The second-order valence-corrected chi connectivity index (χ2v) is 6.20. The van der Waals surface area contributed by atoms with Crippen LogP contribution in [0.1, 0.15) is 26.3 Å². The average Bonchev–Trinajstić information content (AvgIpc) is 2.74. The lowest BCUT2D eigenvalue weighted by atomic mass is 10.1. The Morgan fingerprint density at radius 1 is 0.933 bits per heavy atom. The fourth-order valence-corrected chi connectivity index (χ4v) is 2.56. The molecule has 2 aromatic carbocycles. The molecule has 3 rings (SSSR count). The van der Waals surface area contributed by atoms with Gasteiger partial charge in [-0.1, -0.05) is 0 Å². The molecule has 1 N–H and O–H groups in total. The Labute approximate surface area is 168 Å². The van der Waals surface area contributed by atoms with Crippen molar-refractivity contribution >= 4 is 17.7 Å². The Kier molecular flexibility index (Phi) is 6.24. The molecule has 2 aromatic rings. The van der Waals surface area contributed by atoms with E-state index in [1.165, 1.54) is 12.1 Å². The van der Waals surface area contributed by atoms with Crippen molar-refractivity contribution in [3.63, 3.8) is 0 Å². The van der Waals surface area contributed by atoms with E-state index in [-0.39, 0.29) is 11.1 Å². The smallest absolute Gasteiger partial charge is 0.416 e. The molecule has 0 unspecified atom stereocenters. The standard InChI is InChI=1S/C20H16F3NO6/c21-20(22,23)14-4-1-12(2-5-14)19(27)24-10-18(26)30-11-15(25)13-3-6-16-17(9-13)29-8-7-28-16/h1-6,9H,7-8,10-11H2,(H,24,27). The third-order valence-corrected chi connectivity index (χ3v) is 4.10. The zero-order valence-corrected chi connectivity index (χ0v) is 15.5. The molecule has 7 nitrogen and oxygen atoms in total. The number of fused-ring (bicyclic) bond motifs is 1. The van der Waals surface area contributed by atoms with Crippen LogP contribution in [0.25, 0.3) is 0 Å². The number of rotatable bonds is 6. The molecular formula is C20H16F3NO6. The molecule has 158 valence electrons. The first-order valence-corrected chi connectivity index (χ1v) is 8.78. The predicted octanol–water partition coefficient (Wildman–Crippen LogP) is 2.63. The number of hydrogen-bond acceptors (Lipinski definition) is 6. The maximum Gasteiger partial charge on any atom is 0.416 e. The van der Waals surface area contributed by atoms with Crippen molar-refractivity contribution in [1.82, 2.24) is 5.32 Å². The largest absolute Gasteiger partial charge is 0.486 e. The quantitative estimate of drug-likeness (QED) is 0.568. The van der Waals surface area contributed by atoms with Gasteiger partial charge in [-0.15, -0.1) is 0 Å². The van der Waals surface area contributed by atoms with Gasteiger partial charge >= 0.3 is 12.1 Å². The van der Waals surface area contributed by atoms with Crippen molar-refractivity contribution in [2.24, 2.45) is 0 Å². The zero-order valence-electron chi connectivity index (χ0n) is 15.5. The van der Waals surface area contributed by atoms with Crippen LogP contribution in [0.3, 0.4) is 0 Å². The molecule has 0 saturated carbocycles. The van der Waals surface area contributed by atoms with Gasteiger partial charge in [-0.05, 0) is 42.5 Å². The number of alkyl halides is 3. The number of carbonyl (C=O) groups excluding carboxylic acids is 3. The highest BCUT2D eigenvalue weighted by atomic mass is 19.4. The van der Waals surface area contributed by atoms with Gasteiger partial charge in [0.2, 0.25) is 0 Å². The molecule has 0 bridgehead atoms. The molecule has 1 aliphatic rings. The summed E-state index contributed by atoms with van der Waals surface area (Å²) in [6, 6.07) is 8.09. The van der Waals surface area contributed by atoms with Gasteiger partial charge in [-0.3, -0.25) is 14.4 Å². The van der Waals surface area contributed by atoms with Crippen molar-refractivity contribution < 1.29 is 41.8 Å². The first kappa shape index (κ1) is 21.2. The Morgan fingerprint density at radius 3 is 2.23 bits per heavy atom. The maximum atomic E-state index is 12.5. The van der Waals surface area contributed by atoms with Crippen LogP contribution in [-0.2, 0) is 15.7 Å². The molecule has 1 amide bonds. The summed E-state index contributed by atoms with van der Waals surface area (Å²) >= 11 is 0. The van der Waals surface area contributed by atoms with E-state index in [0.29, 0.717) is 24.7 Å². The van der Waals surface area contributed by atoms with E-state index in [9.17, 15) is 27.6 Å². The Balaban J connectivity index is 1.46. The van der Waals surface area contributed by atoms with Crippen LogP contribution >= 0.6 is 0 Å². The lowest BCUT2D eigenvalue weighted by Gasteiger charge is -2.18. The van der Waals surface area contributed by atoms with Gasteiger partial charge in [-0.2, -0.15) is 13.2 Å². The molecule has 0 aromatic heterocycles. The van der Waals surface area contributed by atoms with Crippen molar-refractivity contribution in [2.45, 2.75) is 6.18 Å². The molecule has 0 radical (unpaired) electrons. The number of amides is 1. The van der Waals surface area contributed by atoms with Crippen LogP contribution in [0.15, 0.2) is 42.5 Å².